The monoisotopic (exact) mass is 241 g/mol. The lowest BCUT2D eigenvalue weighted by Gasteiger charge is -2.16. The van der Waals surface area contributed by atoms with Crippen molar-refractivity contribution in [2.24, 2.45) is 0 Å². The molecule has 1 saturated heterocycles. The zero-order valence-electron chi connectivity index (χ0n) is 7.20. The van der Waals surface area contributed by atoms with E-state index in [4.69, 9.17) is 0 Å². The van der Waals surface area contributed by atoms with E-state index in [2.05, 4.69) is 21.2 Å². The van der Waals surface area contributed by atoms with Crippen molar-refractivity contribution in [1.82, 2.24) is 5.32 Å². The van der Waals surface area contributed by atoms with Crippen molar-refractivity contribution < 1.29 is 5.11 Å². The lowest BCUT2D eigenvalue weighted by molar-refractivity contribution is 0.160. The molecule has 0 bridgehead atoms. The summed E-state index contributed by atoms with van der Waals surface area (Å²) in [4.78, 5) is 0. The molecule has 1 aromatic rings. The van der Waals surface area contributed by atoms with Crippen LogP contribution in [0.4, 0.5) is 0 Å². The van der Waals surface area contributed by atoms with Gasteiger partial charge in [0.1, 0.15) is 0 Å². The molecule has 2 rings (SSSR count). The zero-order chi connectivity index (χ0) is 9.26. The second-order valence-corrected chi connectivity index (χ2v) is 4.16. The van der Waals surface area contributed by atoms with Crippen LogP contribution in [-0.4, -0.2) is 17.8 Å². The Morgan fingerprint density at radius 3 is 2.77 bits per heavy atom. The van der Waals surface area contributed by atoms with Crippen molar-refractivity contribution >= 4 is 15.9 Å². The van der Waals surface area contributed by atoms with E-state index in [9.17, 15) is 5.11 Å². The Labute approximate surface area is 86.1 Å². The molecule has 2 N–H and O–H groups in total. The predicted molar refractivity (Wildman–Crippen MR) is 55.5 cm³/mol. The number of hydrogen-bond donors (Lipinski definition) is 2. The maximum Gasteiger partial charge on any atom is 0.0747 e. The highest BCUT2D eigenvalue weighted by atomic mass is 79.9. The van der Waals surface area contributed by atoms with Crippen LogP contribution in [0.1, 0.15) is 18.0 Å². The molecule has 0 saturated carbocycles. The second kappa shape index (κ2) is 3.78. The molecule has 1 heterocycles. The molecule has 70 valence electrons. The largest absolute Gasteiger partial charge is 0.391 e. The molecule has 3 heteroatoms. The third-order valence-corrected chi connectivity index (χ3v) is 3.15. The molecule has 0 aliphatic carbocycles. The van der Waals surface area contributed by atoms with Crippen molar-refractivity contribution in [2.75, 3.05) is 6.54 Å². The first kappa shape index (κ1) is 9.19. The average Bonchev–Trinajstić information content (AvgIpc) is 2.52. The second-order valence-electron chi connectivity index (χ2n) is 3.31. The summed E-state index contributed by atoms with van der Waals surface area (Å²) < 4.78 is 1.06. The Hall–Kier alpha value is -0.380. The van der Waals surface area contributed by atoms with Crippen LogP contribution in [-0.2, 0) is 0 Å². The summed E-state index contributed by atoms with van der Waals surface area (Å²) in [5, 5.41) is 13.0. The first-order chi connectivity index (χ1) is 6.29. The van der Waals surface area contributed by atoms with Crippen LogP contribution in [0, 0.1) is 0 Å². The fourth-order valence-corrected chi connectivity index (χ4v) is 2.27. The smallest absolute Gasteiger partial charge is 0.0747 e. The molecule has 1 aliphatic rings. The van der Waals surface area contributed by atoms with Gasteiger partial charge in [-0.05, 0) is 24.6 Å². The molecule has 0 spiro atoms. The highest BCUT2D eigenvalue weighted by Crippen LogP contribution is 2.29. The maximum atomic E-state index is 9.68. The third-order valence-electron chi connectivity index (χ3n) is 2.43. The topological polar surface area (TPSA) is 32.3 Å². The molecule has 1 aromatic carbocycles. The van der Waals surface area contributed by atoms with Crippen molar-refractivity contribution in [1.29, 1.82) is 0 Å². The molecule has 0 aromatic heterocycles. The van der Waals surface area contributed by atoms with Gasteiger partial charge in [0.2, 0.25) is 0 Å². The number of benzene rings is 1. The van der Waals surface area contributed by atoms with Crippen LogP contribution < -0.4 is 5.32 Å². The molecular weight excluding hydrogens is 230 g/mol. The van der Waals surface area contributed by atoms with Crippen LogP contribution in [0.3, 0.4) is 0 Å². The van der Waals surface area contributed by atoms with Gasteiger partial charge in [0.05, 0.1) is 12.1 Å². The maximum absolute atomic E-state index is 9.68. The van der Waals surface area contributed by atoms with Gasteiger partial charge in [-0.3, -0.25) is 0 Å². The van der Waals surface area contributed by atoms with Crippen molar-refractivity contribution in [2.45, 2.75) is 18.6 Å². The van der Waals surface area contributed by atoms with Gasteiger partial charge in [-0.25, -0.2) is 0 Å². The van der Waals surface area contributed by atoms with Crippen LogP contribution >= 0.6 is 15.9 Å². The number of hydrogen-bond acceptors (Lipinski definition) is 2. The molecule has 13 heavy (non-hydrogen) atoms. The normalized spacial score (nSPS) is 27.8. The number of aliphatic hydroxyl groups excluding tert-OH is 1. The molecule has 0 radical (unpaired) electrons. The van der Waals surface area contributed by atoms with Crippen LogP contribution in [0.25, 0.3) is 0 Å². The summed E-state index contributed by atoms with van der Waals surface area (Å²) in [6.45, 7) is 0.896. The molecule has 1 aliphatic heterocycles. The summed E-state index contributed by atoms with van der Waals surface area (Å²) in [7, 11) is 0. The van der Waals surface area contributed by atoms with Crippen LogP contribution in [0.2, 0.25) is 0 Å². The van der Waals surface area contributed by atoms with Gasteiger partial charge < -0.3 is 10.4 Å². The predicted octanol–water partition coefficient (Wildman–Crippen LogP) is 1.84. The van der Waals surface area contributed by atoms with Gasteiger partial charge >= 0.3 is 0 Å². The third kappa shape index (κ3) is 1.77. The minimum absolute atomic E-state index is 0.0931. The Balaban J connectivity index is 2.29. The zero-order valence-corrected chi connectivity index (χ0v) is 8.79. The molecule has 2 nitrogen and oxygen atoms in total. The number of rotatable bonds is 1. The van der Waals surface area contributed by atoms with Crippen molar-refractivity contribution in [3.8, 4) is 0 Å². The summed E-state index contributed by atoms with van der Waals surface area (Å²) in [5.74, 6) is 0. The van der Waals surface area contributed by atoms with E-state index in [-0.39, 0.29) is 12.1 Å². The first-order valence-electron chi connectivity index (χ1n) is 4.45. The SMILES string of the molecule is OC1CCNC1c1ccccc1Br. The molecule has 2 unspecified atom stereocenters. The van der Waals surface area contributed by atoms with E-state index in [0.29, 0.717) is 0 Å². The quantitative estimate of drug-likeness (QED) is 0.787. The highest BCUT2D eigenvalue weighted by molar-refractivity contribution is 9.10. The minimum Gasteiger partial charge on any atom is -0.391 e. The van der Waals surface area contributed by atoms with Gasteiger partial charge in [0, 0.05) is 4.47 Å². The van der Waals surface area contributed by atoms with Gasteiger partial charge in [-0.2, -0.15) is 0 Å². The molecule has 0 amide bonds. The lowest BCUT2D eigenvalue weighted by Crippen LogP contribution is -2.21. The van der Waals surface area contributed by atoms with E-state index < -0.39 is 0 Å². The Bertz CT molecular complexity index is 303. The van der Waals surface area contributed by atoms with E-state index in [0.717, 1.165) is 23.0 Å². The Morgan fingerprint density at radius 2 is 2.15 bits per heavy atom. The number of nitrogens with one attached hydrogen (secondary N) is 1. The van der Waals surface area contributed by atoms with Crippen LogP contribution in [0.15, 0.2) is 28.7 Å². The number of aliphatic hydroxyl groups is 1. The fraction of sp³-hybridized carbons (Fsp3) is 0.400. The summed E-state index contributed by atoms with van der Waals surface area (Å²) in [6, 6.07) is 8.11. The lowest BCUT2D eigenvalue weighted by atomic mass is 10.0. The van der Waals surface area contributed by atoms with Crippen molar-refractivity contribution in [3.63, 3.8) is 0 Å². The van der Waals surface area contributed by atoms with E-state index in [1.54, 1.807) is 0 Å². The molecular formula is C10H12BrNO. The minimum atomic E-state index is -0.251. The average molecular weight is 242 g/mol. The molecule has 1 fully saturated rings. The Kier molecular flexibility index (Phi) is 2.67. The summed E-state index contributed by atoms with van der Waals surface area (Å²) in [6.07, 6.45) is 0.588. The van der Waals surface area contributed by atoms with Gasteiger partial charge in [0.25, 0.3) is 0 Å². The molecule has 2 atom stereocenters. The van der Waals surface area contributed by atoms with Crippen molar-refractivity contribution in [3.05, 3.63) is 34.3 Å². The fourth-order valence-electron chi connectivity index (χ4n) is 1.73. The van der Waals surface area contributed by atoms with E-state index in [1.807, 2.05) is 24.3 Å². The van der Waals surface area contributed by atoms with Gasteiger partial charge in [-0.1, -0.05) is 34.1 Å². The van der Waals surface area contributed by atoms with E-state index >= 15 is 0 Å². The summed E-state index contributed by atoms with van der Waals surface area (Å²) in [5.41, 5.74) is 1.15. The van der Waals surface area contributed by atoms with Crippen LogP contribution in [0.5, 0.6) is 0 Å². The Morgan fingerprint density at radius 1 is 1.38 bits per heavy atom. The van der Waals surface area contributed by atoms with Gasteiger partial charge in [-0.15, -0.1) is 0 Å². The first-order valence-corrected chi connectivity index (χ1v) is 5.24. The standard InChI is InChI=1S/C10H12BrNO/c11-8-4-2-1-3-7(8)10-9(13)5-6-12-10/h1-4,9-10,12-13H,5-6H2. The summed E-state index contributed by atoms with van der Waals surface area (Å²) >= 11 is 3.48. The van der Waals surface area contributed by atoms with E-state index in [1.165, 1.54) is 0 Å². The number of halogens is 1. The van der Waals surface area contributed by atoms with Gasteiger partial charge in [0.15, 0.2) is 0 Å². The highest BCUT2D eigenvalue weighted by Gasteiger charge is 2.27.